The van der Waals surface area contributed by atoms with E-state index >= 15 is 0 Å². The molecule has 2 heterocycles. The Morgan fingerprint density at radius 2 is 2.17 bits per heavy atom. The van der Waals surface area contributed by atoms with E-state index in [1.807, 2.05) is 34.0 Å². The summed E-state index contributed by atoms with van der Waals surface area (Å²) in [5.74, 6) is 1.13. The summed E-state index contributed by atoms with van der Waals surface area (Å²) in [6.07, 6.45) is 8.35. The van der Waals surface area contributed by atoms with Gasteiger partial charge in [-0.15, -0.1) is 0 Å². The molecule has 0 spiro atoms. The van der Waals surface area contributed by atoms with Gasteiger partial charge in [0.05, 0.1) is 13.2 Å². The molecular weight excluding hydrogens is 302 g/mol. The Morgan fingerprint density at radius 1 is 1.33 bits per heavy atom. The molecule has 1 aromatic carbocycles. The number of ether oxygens (including phenoxy) is 1. The van der Waals surface area contributed by atoms with E-state index in [2.05, 4.69) is 17.2 Å². The minimum absolute atomic E-state index is 0.264. The van der Waals surface area contributed by atoms with Gasteiger partial charge >= 0.3 is 0 Å². The van der Waals surface area contributed by atoms with Crippen molar-refractivity contribution in [3.05, 3.63) is 48.3 Å². The van der Waals surface area contributed by atoms with Crippen LogP contribution < -0.4 is 4.74 Å². The van der Waals surface area contributed by atoms with Gasteiger partial charge in [0.15, 0.2) is 0 Å². The van der Waals surface area contributed by atoms with Gasteiger partial charge in [-0.2, -0.15) is 5.10 Å². The lowest BCUT2D eigenvalue weighted by Crippen LogP contribution is -2.40. The van der Waals surface area contributed by atoms with Crippen LogP contribution in [0.3, 0.4) is 0 Å². The van der Waals surface area contributed by atoms with E-state index in [1.165, 1.54) is 5.56 Å². The lowest BCUT2D eigenvalue weighted by atomic mass is 10.0. The SMILES string of the molecule is COc1ccc(CCCC(=O)N2CCC[C@@H](n3cccn3)C2)cc1. The lowest BCUT2D eigenvalue weighted by Gasteiger charge is -2.33. The average molecular weight is 327 g/mol. The Hall–Kier alpha value is -2.30. The molecule has 0 saturated carbocycles. The van der Waals surface area contributed by atoms with Crippen molar-refractivity contribution in [2.24, 2.45) is 0 Å². The van der Waals surface area contributed by atoms with Crippen LogP contribution >= 0.6 is 0 Å². The monoisotopic (exact) mass is 327 g/mol. The van der Waals surface area contributed by atoms with E-state index in [9.17, 15) is 4.79 Å². The highest BCUT2D eigenvalue weighted by atomic mass is 16.5. The van der Waals surface area contributed by atoms with Gasteiger partial charge in [-0.1, -0.05) is 12.1 Å². The summed E-state index contributed by atoms with van der Waals surface area (Å²) in [6, 6.07) is 10.3. The minimum atomic E-state index is 0.264. The number of methoxy groups -OCH3 is 1. The van der Waals surface area contributed by atoms with Gasteiger partial charge in [-0.25, -0.2) is 0 Å². The highest BCUT2D eigenvalue weighted by Gasteiger charge is 2.24. The number of nitrogens with zero attached hydrogens (tertiary/aromatic N) is 3. The zero-order valence-corrected chi connectivity index (χ0v) is 14.2. The Bertz CT molecular complexity index is 637. The molecule has 3 rings (SSSR count). The van der Waals surface area contributed by atoms with Gasteiger partial charge in [-0.05, 0) is 49.4 Å². The molecule has 2 aromatic rings. The molecule has 1 amide bonds. The first-order valence-corrected chi connectivity index (χ1v) is 8.66. The summed E-state index contributed by atoms with van der Waals surface area (Å²) in [5, 5.41) is 4.32. The topological polar surface area (TPSA) is 47.4 Å². The number of aromatic nitrogens is 2. The van der Waals surface area contributed by atoms with Crippen LogP contribution in [0.25, 0.3) is 0 Å². The van der Waals surface area contributed by atoms with E-state index in [0.717, 1.165) is 44.5 Å². The van der Waals surface area contributed by atoms with Gasteiger partial charge in [0.25, 0.3) is 0 Å². The van der Waals surface area contributed by atoms with Crippen LogP contribution in [-0.2, 0) is 11.2 Å². The fraction of sp³-hybridized carbons (Fsp3) is 0.474. The number of amides is 1. The maximum absolute atomic E-state index is 12.5. The van der Waals surface area contributed by atoms with Crippen molar-refractivity contribution in [2.75, 3.05) is 20.2 Å². The Labute approximate surface area is 143 Å². The third kappa shape index (κ3) is 4.16. The van der Waals surface area contributed by atoms with E-state index in [-0.39, 0.29) is 5.91 Å². The first kappa shape index (κ1) is 16.6. The highest BCUT2D eigenvalue weighted by Crippen LogP contribution is 2.21. The predicted molar refractivity (Wildman–Crippen MR) is 93.0 cm³/mol. The lowest BCUT2D eigenvalue weighted by molar-refractivity contribution is -0.133. The van der Waals surface area contributed by atoms with Crippen LogP contribution in [0, 0.1) is 0 Å². The van der Waals surface area contributed by atoms with E-state index in [1.54, 1.807) is 13.3 Å². The summed E-state index contributed by atoms with van der Waals surface area (Å²) in [7, 11) is 1.67. The maximum Gasteiger partial charge on any atom is 0.222 e. The fourth-order valence-electron chi connectivity index (χ4n) is 3.29. The van der Waals surface area contributed by atoms with Crippen LogP contribution in [-0.4, -0.2) is 40.8 Å². The smallest absolute Gasteiger partial charge is 0.222 e. The normalized spacial score (nSPS) is 17.7. The van der Waals surface area contributed by atoms with Crippen LogP contribution in [0.5, 0.6) is 5.75 Å². The number of likely N-dealkylation sites (tertiary alicyclic amines) is 1. The Morgan fingerprint density at radius 3 is 2.88 bits per heavy atom. The second-order valence-corrected chi connectivity index (χ2v) is 6.32. The summed E-state index contributed by atoms with van der Waals surface area (Å²) in [6.45, 7) is 1.65. The van der Waals surface area contributed by atoms with Gasteiger partial charge in [-0.3, -0.25) is 9.48 Å². The molecule has 1 aliphatic heterocycles. The molecule has 0 bridgehead atoms. The second-order valence-electron chi connectivity index (χ2n) is 6.32. The minimum Gasteiger partial charge on any atom is -0.497 e. The second kappa shape index (κ2) is 7.99. The van der Waals surface area contributed by atoms with Gasteiger partial charge in [0.1, 0.15) is 5.75 Å². The largest absolute Gasteiger partial charge is 0.497 e. The molecule has 24 heavy (non-hydrogen) atoms. The number of carbonyl (C=O) groups excluding carboxylic acids is 1. The van der Waals surface area contributed by atoms with Crippen molar-refractivity contribution in [2.45, 2.75) is 38.1 Å². The van der Waals surface area contributed by atoms with Crippen molar-refractivity contribution in [3.63, 3.8) is 0 Å². The maximum atomic E-state index is 12.5. The molecule has 5 heteroatoms. The Balaban J connectivity index is 1.45. The zero-order chi connectivity index (χ0) is 16.8. The van der Waals surface area contributed by atoms with Crippen LogP contribution in [0.1, 0.15) is 37.3 Å². The molecule has 0 radical (unpaired) electrons. The number of hydrogen-bond donors (Lipinski definition) is 0. The highest BCUT2D eigenvalue weighted by molar-refractivity contribution is 5.76. The number of rotatable bonds is 6. The fourth-order valence-corrected chi connectivity index (χ4v) is 3.29. The third-order valence-corrected chi connectivity index (χ3v) is 4.66. The van der Waals surface area contributed by atoms with Crippen LogP contribution in [0.4, 0.5) is 0 Å². The molecule has 1 aromatic heterocycles. The number of hydrogen-bond acceptors (Lipinski definition) is 3. The average Bonchev–Trinajstić information content (AvgIpc) is 3.17. The van der Waals surface area contributed by atoms with Gasteiger partial charge in [0.2, 0.25) is 5.91 Å². The number of carbonyl (C=O) groups is 1. The molecule has 128 valence electrons. The van der Waals surface area contributed by atoms with Crippen LogP contribution in [0.15, 0.2) is 42.7 Å². The quantitative estimate of drug-likeness (QED) is 0.819. The molecule has 1 atom stereocenters. The number of aryl methyl sites for hydroxylation is 1. The van der Waals surface area contributed by atoms with Gasteiger partial charge in [0, 0.05) is 31.9 Å². The van der Waals surface area contributed by atoms with E-state index < -0.39 is 0 Å². The Kier molecular flexibility index (Phi) is 5.51. The summed E-state index contributed by atoms with van der Waals surface area (Å²) in [4.78, 5) is 14.5. The summed E-state index contributed by atoms with van der Waals surface area (Å²) in [5.41, 5.74) is 1.25. The molecule has 0 aliphatic carbocycles. The first-order valence-electron chi connectivity index (χ1n) is 8.66. The molecule has 1 aliphatic rings. The van der Waals surface area contributed by atoms with Gasteiger partial charge < -0.3 is 9.64 Å². The molecular formula is C19H25N3O2. The predicted octanol–water partition coefficient (Wildman–Crippen LogP) is 3.08. The van der Waals surface area contributed by atoms with Crippen molar-refractivity contribution >= 4 is 5.91 Å². The molecule has 1 saturated heterocycles. The van der Waals surface area contributed by atoms with Crippen molar-refractivity contribution in [3.8, 4) is 5.75 Å². The standard InChI is InChI=1S/C19H25N3O2/c1-24-18-10-8-16(9-11-18)5-2-7-19(23)21-13-3-6-17(15-21)22-14-4-12-20-22/h4,8-12,14,17H,2-3,5-7,13,15H2,1H3/t17-/m1/s1. The van der Waals surface area contributed by atoms with Crippen molar-refractivity contribution in [1.29, 1.82) is 0 Å². The number of benzene rings is 1. The van der Waals surface area contributed by atoms with Crippen molar-refractivity contribution in [1.82, 2.24) is 14.7 Å². The van der Waals surface area contributed by atoms with Crippen molar-refractivity contribution < 1.29 is 9.53 Å². The molecule has 5 nitrogen and oxygen atoms in total. The summed E-state index contributed by atoms with van der Waals surface area (Å²) < 4.78 is 7.15. The summed E-state index contributed by atoms with van der Waals surface area (Å²) >= 11 is 0. The van der Waals surface area contributed by atoms with Crippen LogP contribution in [0.2, 0.25) is 0 Å². The molecule has 0 unspecified atom stereocenters. The van der Waals surface area contributed by atoms with E-state index in [4.69, 9.17) is 4.74 Å². The number of piperidine rings is 1. The van der Waals surface area contributed by atoms with E-state index in [0.29, 0.717) is 12.5 Å². The first-order chi connectivity index (χ1) is 11.8. The zero-order valence-electron chi connectivity index (χ0n) is 14.2. The molecule has 0 N–H and O–H groups in total. The third-order valence-electron chi connectivity index (χ3n) is 4.66. The molecule has 1 fully saturated rings.